The second kappa shape index (κ2) is 6.18. The topological polar surface area (TPSA) is 63.4 Å². The van der Waals surface area contributed by atoms with Crippen molar-refractivity contribution in [1.29, 1.82) is 0 Å². The minimum absolute atomic E-state index is 0.0444. The van der Waals surface area contributed by atoms with E-state index in [0.717, 1.165) is 12.1 Å². The first-order valence-corrected chi connectivity index (χ1v) is 7.55. The zero-order valence-electron chi connectivity index (χ0n) is 11.5. The van der Waals surface area contributed by atoms with Crippen molar-refractivity contribution < 1.29 is 26.0 Å². The lowest BCUT2D eigenvalue weighted by molar-refractivity contribution is -0.136. The van der Waals surface area contributed by atoms with E-state index in [-0.39, 0.29) is 18.5 Å². The molecule has 0 aliphatic heterocycles. The zero-order chi connectivity index (χ0) is 16.4. The molecule has 0 amide bonds. The maximum atomic E-state index is 13.4. The lowest BCUT2D eigenvalue weighted by atomic mass is 10.2. The molecule has 4 nitrogen and oxygen atoms in total. The van der Waals surface area contributed by atoms with Gasteiger partial charge in [0.1, 0.15) is 12.4 Å². The highest BCUT2D eigenvalue weighted by Gasteiger charge is 2.36. The Morgan fingerprint density at radius 1 is 1.29 bits per heavy atom. The molecule has 0 bridgehead atoms. The summed E-state index contributed by atoms with van der Waals surface area (Å²) >= 11 is 0. The standard InChI is InChI=1S/C12H16F4N2O2S/c1-3-4-18(7-12(14,15)16)21(19,20)9-5-8(2)11(13)10(17)6-9/h5-6H,3-4,7,17H2,1-2H3. The third kappa shape index (κ3) is 4.31. The van der Waals surface area contributed by atoms with Gasteiger partial charge in [-0.1, -0.05) is 6.92 Å². The molecule has 0 saturated carbocycles. The smallest absolute Gasteiger partial charge is 0.396 e. The predicted molar refractivity (Wildman–Crippen MR) is 70.7 cm³/mol. The molecule has 0 heterocycles. The first-order chi connectivity index (χ1) is 9.49. The number of rotatable bonds is 5. The van der Waals surface area contributed by atoms with Crippen LogP contribution < -0.4 is 5.73 Å². The fourth-order valence-corrected chi connectivity index (χ4v) is 3.43. The molecule has 0 radical (unpaired) electrons. The van der Waals surface area contributed by atoms with Gasteiger partial charge in [0.05, 0.1) is 10.6 Å². The van der Waals surface area contributed by atoms with Crippen LogP contribution in [0.2, 0.25) is 0 Å². The minimum Gasteiger partial charge on any atom is -0.396 e. The molecule has 1 aromatic rings. The molecule has 0 fully saturated rings. The Balaban J connectivity index is 3.29. The van der Waals surface area contributed by atoms with Crippen LogP contribution in [0, 0.1) is 12.7 Å². The van der Waals surface area contributed by atoms with Gasteiger partial charge >= 0.3 is 6.18 Å². The number of hydrogen-bond donors (Lipinski definition) is 1. The van der Waals surface area contributed by atoms with E-state index in [1.165, 1.54) is 6.92 Å². The van der Waals surface area contributed by atoms with Crippen LogP contribution in [0.15, 0.2) is 17.0 Å². The second-order valence-corrected chi connectivity index (χ2v) is 6.54. The molecule has 0 aliphatic carbocycles. The highest BCUT2D eigenvalue weighted by Crippen LogP contribution is 2.26. The van der Waals surface area contributed by atoms with Gasteiger partial charge in [-0.3, -0.25) is 0 Å². The Kier molecular flexibility index (Phi) is 5.21. The Morgan fingerprint density at radius 3 is 2.29 bits per heavy atom. The number of aryl methyl sites for hydroxylation is 1. The van der Waals surface area contributed by atoms with Crippen molar-refractivity contribution in [2.45, 2.75) is 31.3 Å². The van der Waals surface area contributed by atoms with Gasteiger partial charge in [0.25, 0.3) is 0 Å². The number of sulfonamides is 1. The van der Waals surface area contributed by atoms with Gasteiger partial charge < -0.3 is 5.73 Å². The van der Waals surface area contributed by atoms with Gasteiger partial charge in [0, 0.05) is 6.54 Å². The minimum atomic E-state index is -4.66. The summed E-state index contributed by atoms with van der Waals surface area (Å²) in [7, 11) is -4.39. The number of alkyl halides is 3. The molecule has 1 rings (SSSR count). The van der Waals surface area contributed by atoms with E-state index < -0.39 is 39.1 Å². The van der Waals surface area contributed by atoms with Gasteiger partial charge in [-0.2, -0.15) is 17.5 Å². The molecule has 0 aromatic heterocycles. The summed E-state index contributed by atoms with van der Waals surface area (Å²) in [5.74, 6) is -0.785. The first-order valence-electron chi connectivity index (χ1n) is 6.11. The van der Waals surface area contributed by atoms with Gasteiger partial charge in [-0.15, -0.1) is 0 Å². The summed E-state index contributed by atoms with van der Waals surface area (Å²) in [6.45, 7) is 0.958. The molecule has 1 aromatic carbocycles. The van der Waals surface area contributed by atoms with E-state index in [1.807, 2.05) is 0 Å². The third-order valence-corrected chi connectivity index (χ3v) is 4.55. The molecule has 0 spiro atoms. The number of anilines is 1. The van der Waals surface area contributed by atoms with E-state index in [2.05, 4.69) is 0 Å². The highest BCUT2D eigenvalue weighted by atomic mass is 32.2. The van der Waals surface area contributed by atoms with E-state index in [0.29, 0.717) is 4.31 Å². The Morgan fingerprint density at radius 2 is 1.86 bits per heavy atom. The van der Waals surface area contributed by atoms with E-state index >= 15 is 0 Å². The lowest BCUT2D eigenvalue weighted by Crippen LogP contribution is -2.39. The van der Waals surface area contributed by atoms with Crippen LogP contribution in [0.5, 0.6) is 0 Å². The molecule has 21 heavy (non-hydrogen) atoms. The Labute approximate surface area is 120 Å². The van der Waals surface area contributed by atoms with Crippen LogP contribution in [0.25, 0.3) is 0 Å². The van der Waals surface area contributed by atoms with E-state index in [4.69, 9.17) is 5.73 Å². The number of nitrogens with two attached hydrogens (primary N) is 1. The zero-order valence-corrected chi connectivity index (χ0v) is 12.4. The summed E-state index contributed by atoms with van der Waals surface area (Å²) in [6.07, 6.45) is -4.45. The summed E-state index contributed by atoms with van der Waals surface area (Å²) in [6, 6.07) is 1.80. The number of nitrogen functional groups attached to an aromatic ring is 1. The summed E-state index contributed by atoms with van der Waals surface area (Å²) in [4.78, 5) is -0.448. The molecule has 2 N–H and O–H groups in total. The molecule has 0 atom stereocenters. The molecular weight excluding hydrogens is 312 g/mol. The summed E-state index contributed by atoms with van der Waals surface area (Å²) in [5.41, 5.74) is 4.88. The monoisotopic (exact) mass is 328 g/mol. The fourth-order valence-electron chi connectivity index (χ4n) is 1.79. The average Bonchev–Trinajstić information content (AvgIpc) is 2.33. The van der Waals surface area contributed by atoms with Crippen molar-refractivity contribution in [2.24, 2.45) is 0 Å². The van der Waals surface area contributed by atoms with Gasteiger partial charge in [0.15, 0.2) is 0 Å². The lowest BCUT2D eigenvalue weighted by Gasteiger charge is -2.23. The van der Waals surface area contributed by atoms with Crippen molar-refractivity contribution in [3.8, 4) is 0 Å². The molecule has 120 valence electrons. The first kappa shape index (κ1) is 17.7. The highest BCUT2D eigenvalue weighted by molar-refractivity contribution is 7.89. The van der Waals surface area contributed by atoms with Crippen LogP contribution in [0.3, 0.4) is 0 Å². The number of hydrogen-bond acceptors (Lipinski definition) is 3. The van der Waals surface area contributed by atoms with Crippen molar-refractivity contribution >= 4 is 15.7 Å². The average molecular weight is 328 g/mol. The maximum Gasteiger partial charge on any atom is 0.402 e. The van der Waals surface area contributed by atoms with Crippen LogP contribution >= 0.6 is 0 Å². The fraction of sp³-hybridized carbons (Fsp3) is 0.500. The third-order valence-electron chi connectivity index (χ3n) is 2.72. The Bertz CT molecular complexity index is 591. The normalized spacial score (nSPS) is 12.9. The van der Waals surface area contributed by atoms with Crippen molar-refractivity contribution in [2.75, 3.05) is 18.8 Å². The van der Waals surface area contributed by atoms with Crippen LogP contribution in [0.4, 0.5) is 23.2 Å². The van der Waals surface area contributed by atoms with Crippen molar-refractivity contribution in [1.82, 2.24) is 4.31 Å². The second-order valence-electron chi connectivity index (χ2n) is 4.60. The summed E-state index contributed by atoms with van der Waals surface area (Å²) < 4.78 is 75.8. The maximum absolute atomic E-state index is 13.4. The largest absolute Gasteiger partial charge is 0.402 e. The van der Waals surface area contributed by atoms with Crippen LogP contribution in [0.1, 0.15) is 18.9 Å². The van der Waals surface area contributed by atoms with E-state index in [1.54, 1.807) is 6.92 Å². The van der Waals surface area contributed by atoms with Crippen LogP contribution in [-0.4, -0.2) is 32.0 Å². The van der Waals surface area contributed by atoms with Crippen molar-refractivity contribution in [3.63, 3.8) is 0 Å². The number of benzene rings is 1. The molecule has 9 heteroatoms. The van der Waals surface area contributed by atoms with Crippen LogP contribution in [-0.2, 0) is 10.0 Å². The van der Waals surface area contributed by atoms with Crippen molar-refractivity contribution in [3.05, 3.63) is 23.5 Å². The Hall–Kier alpha value is -1.35. The molecular formula is C12H16F4N2O2S. The molecule has 0 aliphatic rings. The quantitative estimate of drug-likeness (QED) is 0.668. The van der Waals surface area contributed by atoms with Gasteiger partial charge in [0.2, 0.25) is 10.0 Å². The van der Waals surface area contributed by atoms with E-state index in [9.17, 15) is 26.0 Å². The summed E-state index contributed by atoms with van der Waals surface area (Å²) in [5, 5.41) is 0. The molecule has 0 saturated heterocycles. The number of nitrogens with zero attached hydrogens (tertiary/aromatic N) is 1. The SMILES string of the molecule is CCCN(CC(F)(F)F)S(=O)(=O)c1cc(C)c(F)c(N)c1. The van der Waals surface area contributed by atoms with Gasteiger partial charge in [-0.25, -0.2) is 12.8 Å². The van der Waals surface area contributed by atoms with Gasteiger partial charge in [-0.05, 0) is 31.0 Å². The molecule has 0 unspecified atom stereocenters. The number of halogens is 4. The predicted octanol–water partition coefficient (Wildman–Crippen LogP) is 2.68.